The number of H-pyrrole nitrogens is 1. The van der Waals surface area contributed by atoms with E-state index in [2.05, 4.69) is 27.2 Å². The Morgan fingerprint density at radius 1 is 1.43 bits per heavy atom. The van der Waals surface area contributed by atoms with Crippen LogP contribution in [0.5, 0.6) is 0 Å². The summed E-state index contributed by atoms with van der Waals surface area (Å²) in [6.07, 6.45) is 4.49. The summed E-state index contributed by atoms with van der Waals surface area (Å²) in [6.45, 7) is 5.03. The van der Waals surface area contributed by atoms with Gasteiger partial charge in [-0.15, -0.1) is 30.6 Å². The van der Waals surface area contributed by atoms with Crippen LogP contribution in [-0.4, -0.2) is 31.1 Å². The molecule has 0 aliphatic carbocycles. The Bertz CT molecular complexity index is 621. The van der Waals surface area contributed by atoms with E-state index < -0.39 is 0 Å². The maximum atomic E-state index is 13.3. The molecule has 1 aromatic heterocycles. The molecule has 0 radical (unpaired) electrons. The van der Waals surface area contributed by atoms with Gasteiger partial charge in [0, 0.05) is 37.2 Å². The van der Waals surface area contributed by atoms with E-state index in [0.29, 0.717) is 6.54 Å². The molecular formula is C15H20FIN4. The predicted molar refractivity (Wildman–Crippen MR) is 96.9 cm³/mol. The number of fused-ring (bicyclic) bond motifs is 1. The molecule has 114 valence electrons. The Morgan fingerprint density at radius 3 is 2.95 bits per heavy atom. The summed E-state index contributed by atoms with van der Waals surface area (Å²) in [7, 11) is 1.72. The van der Waals surface area contributed by atoms with Crippen molar-refractivity contribution in [1.29, 1.82) is 0 Å². The number of aromatic nitrogens is 1. The van der Waals surface area contributed by atoms with Crippen molar-refractivity contribution >= 4 is 40.8 Å². The van der Waals surface area contributed by atoms with Gasteiger partial charge >= 0.3 is 0 Å². The number of guanidine groups is 1. The molecule has 6 heteroatoms. The number of aromatic amines is 1. The fraction of sp³-hybridized carbons (Fsp3) is 0.267. The summed E-state index contributed by atoms with van der Waals surface area (Å²) >= 11 is 0. The van der Waals surface area contributed by atoms with Gasteiger partial charge in [-0.2, -0.15) is 0 Å². The van der Waals surface area contributed by atoms with E-state index in [1.54, 1.807) is 25.3 Å². The molecule has 0 saturated heterocycles. The molecule has 0 amide bonds. The monoisotopic (exact) mass is 402 g/mol. The second kappa shape index (κ2) is 8.66. The van der Waals surface area contributed by atoms with E-state index >= 15 is 0 Å². The SMILES string of the molecule is C=CCNC(=NC)NCCc1c[nH]c2ccc(F)cc12.I. The van der Waals surface area contributed by atoms with E-state index in [1.165, 1.54) is 6.07 Å². The Labute approximate surface area is 140 Å². The fourth-order valence-corrected chi connectivity index (χ4v) is 2.06. The standard InChI is InChI=1S/C15H19FN4.HI/c1-3-7-18-15(17-2)19-8-6-11-10-20-14-5-4-12(16)9-13(11)14;/h3-5,9-10,20H,1,6-8H2,2H3,(H2,17,18,19);1H. The van der Waals surface area contributed by atoms with Crippen LogP contribution < -0.4 is 10.6 Å². The van der Waals surface area contributed by atoms with Gasteiger partial charge in [0.2, 0.25) is 0 Å². The molecule has 3 N–H and O–H groups in total. The molecular weight excluding hydrogens is 382 g/mol. The van der Waals surface area contributed by atoms with Gasteiger partial charge in [0.05, 0.1) is 0 Å². The first-order chi connectivity index (χ1) is 9.74. The molecule has 0 spiro atoms. The molecule has 0 fully saturated rings. The zero-order valence-electron chi connectivity index (χ0n) is 11.9. The molecule has 21 heavy (non-hydrogen) atoms. The lowest BCUT2D eigenvalue weighted by Gasteiger charge is -2.09. The lowest BCUT2D eigenvalue weighted by molar-refractivity contribution is 0.629. The van der Waals surface area contributed by atoms with Gasteiger partial charge in [-0.25, -0.2) is 4.39 Å². The number of nitrogens with one attached hydrogen (secondary N) is 3. The molecule has 0 aliphatic rings. The van der Waals surface area contributed by atoms with Crippen LogP contribution in [0.1, 0.15) is 5.56 Å². The number of hydrogen-bond acceptors (Lipinski definition) is 1. The van der Waals surface area contributed by atoms with Gasteiger partial charge in [-0.05, 0) is 30.2 Å². The first-order valence-electron chi connectivity index (χ1n) is 6.55. The third-order valence-electron chi connectivity index (χ3n) is 3.05. The first-order valence-corrected chi connectivity index (χ1v) is 6.55. The smallest absolute Gasteiger partial charge is 0.191 e. The summed E-state index contributed by atoms with van der Waals surface area (Å²) in [5, 5.41) is 7.24. The number of rotatable bonds is 5. The Morgan fingerprint density at radius 2 is 2.24 bits per heavy atom. The largest absolute Gasteiger partial charge is 0.361 e. The quantitative estimate of drug-likeness (QED) is 0.312. The van der Waals surface area contributed by atoms with Crippen LogP contribution in [0.2, 0.25) is 0 Å². The zero-order valence-corrected chi connectivity index (χ0v) is 14.3. The van der Waals surface area contributed by atoms with Gasteiger partial charge in [0.25, 0.3) is 0 Å². The van der Waals surface area contributed by atoms with Crippen LogP contribution in [0.4, 0.5) is 4.39 Å². The van der Waals surface area contributed by atoms with Crippen LogP contribution in [0, 0.1) is 5.82 Å². The van der Waals surface area contributed by atoms with Gasteiger partial charge in [0.1, 0.15) is 5.82 Å². The summed E-state index contributed by atoms with van der Waals surface area (Å²) in [6, 6.07) is 4.78. The molecule has 1 aromatic carbocycles. The van der Waals surface area contributed by atoms with E-state index in [1.807, 2.05) is 6.20 Å². The lowest BCUT2D eigenvalue weighted by Crippen LogP contribution is -2.38. The van der Waals surface area contributed by atoms with Gasteiger partial charge in [0.15, 0.2) is 5.96 Å². The van der Waals surface area contributed by atoms with Crippen molar-refractivity contribution in [2.24, 2.45) is 4.99 Å². The summed E-state index contributed by atoms with van der Waals surface area (Å²) in [4.78, 5) is 7.25. The van der Waals surface area contributed by atoms with Crippen molar-refractivity contribution in [2.45, 2.75) is 6.42 Å². The number of aliphatic imine (C=N–C) groups is 1. The number of nitrogens with zero attached hydrogens (tertiary/aromatic N) is 1. The van der Waals surface area contributed by atoms with Crippen LogP contribution in [0.15, 0.2) is 42.0 Å². The first kappa shape index (κ1) is 17.5. The number of benzene rings is 1. The highest BCUT2D eigenvalue weighted by Crippen LogP contribution is 2.19. The van der Waals surface area contributed by atoms with Gasteiger partial charge in [-0.1, -0.05) is 6.08 Å². The van der Waals surface area contributed by atoms with Crippen LogP contribution in [-0.2, 0) is 6.42 Å². The second-order valence-electron chi connectivity index (χ2n) is 4.42. The van der Waals surface area contributed by atoms with E-state index in [9.17, 15) is 4.39 Å². The van der Waals surface area contributed by atoms with Crippen molar-refractivity contribution in [2.75, 3.05) is 20.1 Å². The van der Waals surface area contributed by atoms with E-state index in [-0.39, 0.29) is 29.8 Å². The highest BCUT2D eigenvalue weighted by Gasteiger charge is 2.05. The molecule has 2 aromatic rings. The van der Waals surface area contributed by atoms with Crippen LogP contribution >= 0.6 is 24.0 Å². The average Bonchev–Trinajstić information content (AvgIpc) is 2.85. The van der Waals surface area contributed by atoms with Gasteiger partial charge in [-0.3, -0.25) is 4.99 Å². The van der Waals surface area contributed by atoms with Crippen molar-refractivity contribution in [3.63, 3.8) is 0 Å². The Kier molecular flexibility index (Phi) is 7.21. The molecule has 2 rings (SSSR count). The molecule has 0 atom stereocenters. The van der Waals surface area contributed by atoms with Crippen molar-refractivity contribution in [1.82, 2.24) is 15.6 Å². The number of halogens is 2. The van der Waals surface area contributed by atoms with Gasteiger partial charge < -0.3 is 15.6 Å². The highest BCUT2D eigenvalue weighted by molar-refractivity contribution is 14.0. The van der Waals surface area contributed by atoms with Crippen LogP contribution in [0.3, 0.4) is 0 Å². The molecule has 1 heterocycles. The third kappa shape index (κ3) is 4.73. The van der Waals surface area contributed by atoms with Crippen molar-refractivity contribution in [3.05, 3.63) is 48.4 Å². The average molecular weight is 402 g/mol. The van der Waals surface area contributed by atoms with E-state index in [0.717, 1.165) is 35.4 Å². The molecule has 0 aliphatic heterocycles. The molecule has 0 saturated carbocycles. The third-order valence-corrected chi connectivity index (χ3v) is 3.05. The summed E-state index contributed by atoms with van der Waals surface area (Å²) < 4.78 is 13.3. The Hall–Kier alpha value is -1.57. The maximum Gasteiger partial charge on any atom is 0.191 e. The normalized spacial score (nSPS) is 11.0. The molecule has 0 bridgehead atoms. The minimum atomic E-state index is -0.213. The number of hydrogen-bond donors (Lipinski definition) is 3. The van der Waals surface area contributed by atoms with E-state index in [4.69, 9.17) is 0 Å². The fourth-order valence-electron chi connectivity index (χ4n) is 2.06. The maximum absolute atomic E-state index is 13.3. The predicted octanol–water partition coefficient (Wildman–Crippen LogP) is 2.82. The topological polar surface area (TPSA) is 52.2 Å². The van der Waals surface area contributed by atoms with Crippen molar-refractivity contribution in [3.8, 4) is 0 Å². The lowest BCUT2D eigenvalue weighted by atomic mass is 10.1. The van der Waals surface area contributed by atoms with Crippen LogP contribution in [0.25, 0.3) is 10.9 Å². The molecule has 0 unspecified atom stereocenters. The minimum absolute atomic E-state index is 0. The summed E-state index contributed by atoms with van der Waals surface area (Å²) in [5.41, 5.74) is 2.04. The molecule has 4 nitrogen and oxygen atoms in total. The minimum Gasteiger partial charge on any atom is -0.361 e. The zero-order chi connectivity index (χ0) is 14.4. The Balaban J connectivity index is 0.00000220. The summed E-state index contributed by atoms with van der Waals surface area (Å²) in [5.74, 6) is 0.519. The van der Waals surface area contributed by atoms with Crippen molar-refractivity contribution < 1.29 is 4.39 Å². The second-order valence-corrected chi connectivity index (χ2v) is 4.42. The highest BCUT2D eigenvalue weighted by atomic mass is 127.